The number of hydrogen-bond donors (Lipinski definition) is 5. The Morgan fingerprint density at radius 3 is 2.33 bits per heavy atom. The monoisotopic (exact) mass is 584 g/mol. The summed E-state index contributed by atoms with van der Waals surface area (Å²) in [6.45, 7) is 10.7. The molecule has 11 atom stereocenters. The van der Waals surface area contributed by atoms with Gasteiger partial charge in [-0.3, -0.25) is 0 Å². The Balaban J connectivity index is 0.000000223. The molecule has 232 valence electrons. The molecule has 2 saturated heterocycles. The Morgan fingerprint density at radius 2 is 1.69 bits per heavy atom. The number of carboxylic acid groups (broad SMARTS) is 1. The van der Waals surface area contributed by atoms with Gasteiger partial charge in [0, 0.05) is 12.3 Å². The molecule has 7 rings (SSSR count). The molecule has 1 aromatic rings. The van der Waals surface area contributed by atoms with E-state index in [1.807, 2.05) is 0 Å². The second-order valence-electron chi connectivity index (χ2n) is 14.8. The van der Waals surface area contributed by atoms with E-state index >= 15 is 0 Å². The Hall–Kier alpha value is -2.29. The van der Waals surface area contributed by atoms with Gasteiger partial charge in [0.1, 0.15) is 0 Å². The lowest BCUT2D eigenvalue weighted by atomic mass is 9.48. The molecule has 5 N–H and O–H groups in total. The molecule has 0 bridgehead atoms. The van der Waals surface area contributed by atoms with E-state index in [2.05, 4.69) is 33.8 Å². The number of aliphatic hydroxyl groups is 1. The van der Waals surface area contributed by atoms with Crippen LogP contribution in [0, 0.1) is 46.3 Å². The van der Waals surface area contributed by atoms with Crippen molar-refractivity contribution < 1.29 is 39.8 Å². The quantitative estimate of drug-likeness (QED) is 0.194. The third-order valence-electron chi connectivity index (χ3n) is 12.6. The van der Waals surface area contributed by atoms with Gasteiger partial charge in [-0.2, -0.15) is 0 Å². The summed E-state index contributed by atoms with van der Waals surface area (Å²) in [5.41, 5.74) is 2.17. The smallest absolute Gasteiger partial charge is 0.335 e. The Morgan fingerprint density at radius 1 is 0.976 bits per heavy atom. The summed E-state index contributed by atoms with van der Waals surface area (Å²) in [5, 5.41) is 45.2. The molecular formula is C34H48O8. The number of fused-ring (bicyclic) bond motifs is 7. The van der Waals surface area contributed by atoms with Gasteiger partial charge in [-0.25, -0.2) is 4.79 Å². The van der Waals surface area contributed by atoms with E-state index in [1.54, 1.807) is 5.57 Å². The minimum atomic E-state index is -1.29. The van der Waals surface area contributed by atoms with Crippen LogP contribution in [0.25, 0.3) is 0 Å². The van der Waals surface area contributed by atoms with Gasteiger partial charge in [0.2, 0.25) is 0 Å². The van der Waals surface area contributed by atoms with Crippen molar-refractivity contribution in [3.8, 4) is 17.2 Å². The number of carbonyl (C=O) groups is 1. The van der Waals surface area contributed by atoms with Crippen LogP contribution in [-0.4, -0.2) is 56.1 Å². The van der Waals surface area contributed by atoms with Crippen LogP contribution in [0.3, 0.4) is 0 Å². The number of aromatic hydroxyl groups is 3. The predicted octanol–water partition coefficient (Wildman–Crippen LogP) is 6.22. The molecule has 42 heavy (non-hydrogen) atoms. The second kappa shape index (κ2) is 10.4. The maximum Gasteiger partial charge on any atom is 0.335 e. The summed E-state index contributed by atoms with van der Waals surface area (Å²) in [5.74, 6) is 0.349. The van der Waals surface area contributed by atoms with Crippen molar-refractivity contribution in [1.29, 1.82) is 0 Å². The fourth-order valence-corrected chi connectivity index (χ4v) is 10.3. The first kappa shape index (κ1) is 29.8. The highest BCUT2D eigenvalue weighted by Gasteiger charge is 2.67. The first-order valence-corrected chi connectivity index (χ1v) is 16.0. The molecule has 2 heterocycles. The second-order valence-corrected chi connectivity index (χ2v) is 14.8. The third-order valence-corrected chi connectivity index (χ3v) is 12.6. The van der Waals surface area contributed by atoms with Crippen molar-refractivity contribution in [2.24, 2.45) is 46.3 Å². The molecule has 5 fully saturated rings. The largest absolute Gasteiger partial charge is 0.504 e. The molecule has 0 radical (unpaired) electrons. The van der Waals surface area contributed by atoms with Gasteiger partial charge in [-0.1, -0.05) is 39.3 Å². The molecule has 8 nitrogen and oxygen atoms in total. The molecule has 8 heteroatoms. The number of rotatable bonds is 1. The molecule has 0 aromatic heterocycles. The lowest BCUT2D eigenvalue weighted by molar-refractivity contribution is -0.272. The number of ether oxygens (including phenoxy) is 2. The van der Waals surface area contributed by atoms with Crippen LogP contribution in [0.15, 0.2) is 23.8 Å². The van der Waals surface area contributed by atoms with Crippen LogP contribution >= 0.6 is 0 Å². The van der Waals surface area contributed by atoms with E-state index in [1.165, 1.54) is 38.5 Å². The minimum absolute atomic E-state index is 0.0661. The lowest BCUT2D eigenvalue weighted by Gasteiger charge is -2.57. The van der Waals surface area contributed by atoms with E-state index < -0.39 is 23.2 Å². The van der Waals surface area contributed by atoms with E-state index in [4.69, 9.17) is 29.9 Å². The zero-order valence-electron chi connectivity index (χ0n) is 25.4. The molecule has 2 aliphatic heterocycles. The standard InChI is InChI=1S/C27H42O3.C7H6O5/c1-16-7-12-27(29-15-16)17(2)24-23(30-27)14-22-20-6-5-18-13-19(28)8-10-25(18,3)21(20)9-11-26(22,24)4;8-4-1-3(7(11)12)2-5(9)6(4)10/h9,16-20,22-24,28H,5-8,10-15H2,1-4H3;1-2,8-10H,(H,11,12). The van der Waals surface area contributed by atoms with Gasteiger partial charge in [0.15, 0.2) is 23.0 Å². The van der Waals surface area contributed by atoms with Crippen molar-refractivity contribution >= 4 is 5.97 Å². The SMILES string of the molecule is CC1CCC2(OC1)OC1CC3C4CCC5CC(O)CCC5(C)C4=CCC3(C)C1C2C.O=C(O)c1cc(O)c(O)c(O)c1. The number of hydrogen-bond acceptors (Lipinski definition) is 7. The maximum atomic E-state index is 10.3. The molecule has 1 spiro atoms. The molecule has 3 saturated carbocycles. The van der Waals surface area contributed by atoms with Gasteiger partial charge in [-0.05, 0) is 104 Å². The van der Waals surface area contributed by atoms with Crippen molar-refractivity contribution in [3.63, 3.8) is 0 Å². The number of allylic oxidation sites excluding steroid dienone is 2. The van der Waals surface area contributed by atoms with Gasteiger partial charge in [-0.15, -0.1) is 0 Å². The van der Waals surface area contributed by atoms with E-state index in [0.717, 1.165) is 49.8 Å². The van der Waals surface area contributed by atoms with Gasteiger partial charge in [0.05, 0.1) is 24.4 Å². The summed E-state index contributed by atoms with van der Waals surface area (Å²) >= 11 is 0. The van der Waals surface area contributed by atoms with Crippen molar-refractivity contribution in [2.75, 3.05) is 6.61 Å². The molecule has 0 amide bonds. The molecule has 4 aliphatic carbocycles. The highest BCUT2D eigenvalue weighted by Crippen LogP contribution is 2.69. The van der Waals surface area contributed by atoms with Gasteiger partial charge >= 0.3 is 5.97 Å². The van der Waals surface area contributed by atoms with Gasteiger partial charge < -0.3 is 35.0 Å². The molecular weight excluding hydrogens is 536 g/mol. The summed E-state index contributed by atoms with van der Waals surface area (Å²) in [6, 6.07) is 1.69. The normalized spacial score (nSPS) is 45.5. The minimum Gasteiger partial charge on any atom is -0.504 e. The van der Waals surface area contributed by atoms with E-state index in [0.29, 0.717) is 40.6 Å². The van der Waals surface area contributed by atoms with Crippen LogP contribution in [-0.2, 0) is 9.47 Å². The summed E-state index contributed by atoms with van der Waals surface area (Å²) in [7, 11) is 0. The van der Waals surface area contributed by atoms with Crippen LogP contribution in [0.5, 0.6) is 17.2 Å². The summed E-state index contributed by atoms with van der Waals surface area (Å²) < 4.78 is 13.3. The number of benzene rings is 1. The highest BCUT2D eigenvalue weighted by atomic mass is 16.7. The summed E-state index contributed by atoms with van der Waals surface area (Å²) in [6.07, 6.45) is 13.6. The topological polar surface area (TPSA) is 137 Å². The molecule has 11 unspecified atom stereocenters. The number of aliphatic hydroxyl groups excluding tert-OH is 1. The Kier molecular flexibility index (Phi) is 7.38. The Labute approximate surface area is 248 Å². The first-order valence-electron chi connectivity index (χ1n) is 16.0. The summed E-state index contributed by atoms with van der Waals surface area (Å²) in [4.78, 5) is 10.3. The number of carboxylic acids is 1. The van der Waals surface area contributed by atoms with Crippen LogP contribution in [0.4, 0.5) is 0 Å². The maximum absolute atomic E-state index is 10.3. The fraction of sp³-hybridized carbons (Fsp3) is 0.735. The van der Waals surface area contributed by atoms with Crippen molar-refractivity contribution in [2.45, 2.75) is 103 Å². The van der Waals surface area contributed by atoms with Crippen molar-refractivity contribution in [1.82, 2.24) is 0 Å². The fourth-order valence-electron chi connectivity index (χ4n) is 10.3. The average molecular weight is 585 g/mol. The first-order chi connectivity index (χ1) is 19.8. The van der Waals surface area contributed by atoms with E-state index in [9.17, 15) is 9.90 Å². The number of aromatic carboxylic acids is 1. The Bertz CT molecular complexity index is 1230. The molecule has 6 aliphatic rings. The van der Waals surface area contributed by atoms with Crippen molar-refractivity contribution in [3.05, 3.63) is 29.3 Å². The zero-order chi connectivity index (χ0) is 30.2. The van der Waals surface area contributed by atoms with Crippen LogP contribution in [0.2, 0.25) is 0 Å². The third kappa shape index (κ3) is 4.55. The van der Waals surface area contributed by atoms with Crippen LogP contribution < -0.4 is 0 Å². The number of phenolic OH excluding ortho intramolecular Hbond substituents is 3. The predicted molar refractivity (Wildman–Crippen MR) is 156 cm³/mol. The highest BCUT2D eigenvalue weighted by molar-refractivity contribution is 5.89. The average Bonchev–Trinajstić information content (AvgIpc) is 3.39. The zero-order valence-corrected chi connectivity index (χ0v) is 25.4. The van der Waals surface area contributed by atoms with Gasteiger partial charge in [0.25, 0.3) is 0 Å². The lowest BCUT2D eigenvalue weighted by Crippen LogP contribution is -2.50. The van der Waals surface area contributed by atoms with E-state index in [-0.39, 0.29) is 17.5 Å². The molecule has 1 aromatic carbocycles. The van der Waals surface area contributed by atoms with Crippen LogP contribution in [0.1, 0.15) is 95.8 Å². The number of phenols is 3.